The quantitative estimate of drug-likeness (QED) is 0.687. The van der Waals surface area contributed by atoms with Crippen molar-refractivity contribution in [2.75, 3.05) is 13.2 Å². The minimum Gasteiger partial charge on any atom is -0.487 e. The van der Waals surface area contributed by atoms with Crippen LogP contribution in [0.2, 0.25) is 0 Å². The van der Waals surface area contributed by atoms with E-state index in [-0.39, 0.29) is 6.10 Å². The number of aliphatic hydroxyl groups excluding tert-OH is 1. The Morgan fingerprint density at radius 3 is 2.95 bits per heavy atom. The Hall–Kier alpha value is -1.13. The molecule has 1 saturated heterocycles. The lowest BCUT2D eigenvalue weighted by molar-refractivity contribution is 0.179. The van der Waals surface area contributed by atoms with Crippen LogP contribution >= 0.6 is 0 Å². The van der Waals surface area contributed by atoms with Gasteiger partial charge in [-0.2, -0.15) is 0 Å². The molecule has 1 aliphatic rings. The predicted molar refractivity (Wildman–Crippen MR) is 84.6 cm³/mol. The molecule has 4 nitrogen and oxygen atoms in total. The highest BCUT2D eigenvalue weighted by Gasteiger charge is 2.22. The minimum absolute atomic E-state index is 0.189. The third kappa shape index (κ3) is 5.64. The summed E-state index contributed by atoms with van der Waals surface area (Å²) in [6.45, 7) is 3.53. The van der Waals surface area contributed by atoms with Crippen LogP contribution in [0.3, 0.4) is 0 Å². The van der Waals surface area contributed by atoms with Crippen LogP contribution in [0.4, 0.5) is 0 Å². The fourth-order valence-electron chi connectivity index (χ4n) is 2.87. The molecule has 0 aliphatic carbocycles. The van der Waals surface area contributed by atoms with Gasteiger partial charge in [0.1, 0.15) is 11.9 Å². The third-order valence-corrected chi connectivity index (χ3v) is 4.13. The van der Waals surface area contributed by atoms with E-state index >= 15 is 0 Å². The highest BCUT2D eigenvalue weighted by molar-refractivity contribution is 5.24. The molecule has 2 heterocycles. The van der Waals surface area contributed by atoms with Crippen molar-refractivity contribution in [2.24, 2.45) is 0 Å². The van der Waals surface area contributed by atoms with Crippen molar-refractivity contribution in [2.45, 2.75) is 64.0 Å². The number of nitrogens with one attached hydrogen (secondary N) is 1. The van der Waals surface area contributed by atoms with E-state index in [0.717, 1.165) is 44.4 Å². The molecule has 118 valence electrons. The van der Waals surface area contributed by atoms with Gasteiger partial charge in [-0.05, 0) is 57.2 Å². The molecule has 0 aromatic carbocycles. The zero-order valence-electron chi connectivity index (χ0n) is 13.1. The number of hydrogen-bond donors (Lipinski definition) is 2. The molecule has 2 N–H and O–H groups in total. The van der Waals surface area contributed by atoms with E-state index in [2.05, 4.69) is 23.3 Å². The molecule has 1 aromatic heterocycles. The van der Waals surface area contributed by atoms with Gasteiger partial charge in [-0.3, -0.25) is 4.98 Å². The molecule has 1 aromatic rings. The number of hydrogen-bond acceptors (Lipinski definition) is 4. The number of ether oxygens (including phenoxy) is 1. The average molecular weight is 292 g/mol. The molecule has 0 amide bonds. The highest BCUT2D eigenvalue weighted by Crippen LogP contribution is 2.18. The molecule has 2 unspecified atom stereocenters. The molecule has 0 radical (unpaired) electrons. The number of nitrogens with zero attached hydrogens (tertiary/aromatic N) is 1. The molecule has 0 saturated carbocycles. The third-order valence-electron chi connectivity index (χ3n) is 4.13. The van der Waals surface area contributed by atoms with E-state index < -0.39 is 0 Å². The lowest BCUT2D eigenvalue weighted by Crippen LogP contribution is -2.36. The van der Waals surface area contributed by atoms with Crippen LogP contribution in [-0.4, -0.2) is 35.4 Å². The summed E-state index contributed by atoms with van der Waals surface area (Å²) in [5.74, 6) is 0.879. The van der Waals surface area contributed by atoms with E-state index in [9.17, 15) is 0 Å². The van der Waals surface area contributed by atoms with Crippen molar-refractivity contribution in [3.05, 3.63) is 24.0 Å². The number of unbranched alkanes of at least 4 members (excludes halogenated alkanes) is 3. The van der Waals surface area contributed by atoms with Crippen molar-refractivity contribution in [3.8, 4) is 5.75 Å². The first-order chi connectivity index (χ1) is 10.3. The maximum absolute atomic E-state index is 8.76. The van der Waals surface area contributed by atoms with Crippen molar-refractivity contribution >= 4 is 0 Å². The van der Waals surface area contributed by atoms with E-state index in [4.69, 9.17) is 9.84 Å². The fraction of sp³-hybridized carbons (Fsp3) is 0.706. The van der Waals surface area contributed by atoms with Gasteiger partial charge < -0.3 is 15.2 Å². The van der Waals surface area contributed by atoms with Gasteiger partial charge in [-0.1, -0.05) is 12.8 Å². The number of aryl methyl sites for hydroxylation is 1. The molecule has 2 rings (SSSR count). The Kier molecular flexibility index (Phi) is 6.96. The minimum atomic E-state index is 0.189. The first-order valence-corrected chi connectivity index (χ1v) is 8.24. The lowest BCUT2D eigenvalue weighted by Gasteiger charge is -2.21. The van der Waals surface area contributed by atoms with Crippen LogP contribution in [0.25, 0.3) is 0 Å². The topological polar surface area (TPSA) is 54.4 Å². The molecule has 0 bridgehead atoms. The maximum Gasteiger partial charge on any atom is 0.138 e. The molecule has 0 spiro atoms. The van der Waals surface area contributed by atoms with E-state index in [1.165, 1.54) is 18.4 Å². The van der Waals surface area contributed by atoms with Gasteiger partial charge >= 0.3 is 0 Å². The molecule has 2 atom stereocenters. The molecule has 1 aliphatic heterocycles. The molecule has 1 fully saturated rings. The van der Waals surface area contributed by atoms with Crippen LogP contribution in [0, 0.1) is 0 Å². The first kappa shape index (κ1) is 16.2. The second kappa shape index (κ2) is 9.00. The second-order valence-electron chi connectivity index (χ2n) is 5.94. The number of pyridine rings is 1. The summed E-state index contributed by atoms with van der Waals surface area (Å²) in [6, 6.07) is 2.58. The first-order valence-electron chi connectivity index (χ1n) is 8.24. The van der Waals surface area contributed by atoms with Crippen LogP contribution in [-0.2, 0) is 6.42 Å². The van der Waals surface area contributed by atoms with Gasteiger partial charge in [0, 0.05) is 18.8 Å². The Labute approximate surface area is 127 Å². The van der Waals surface area contributed by atoms with Gasteiger partial charge in [0.2, 0.25) is 0 Å². The highest BCUT2D eigenvalue weighted by atomic mass is 16.5. The van der Waals surface area contributed by atoms with Crippen molar-refractivity contribution in [1.29, 1.82) is 0 Å². The summed E-state index contributed by atoms with van der Waals surface area (Å²) in [5, 5.41) is 12.2. The summed E-state index contributed by atoms with van der Waals surface area (Å²) in [5.41, 5.74) is 1.24. The van der Waals surface area contributed by atoms with Crippen LogP contribution in [0.1, 0.15) is 51.0 Å². The molecular formula is C17H28N2O2. The lowest BCUT2D eigenvalue weighted by atomic mass is 10.1. The summed E-state index contributed by atoms with van der Waals surface area (Å²) in [4.78, 5) is 4.29. The van der Waals surface area contributed by atoms with Crippen LogP contribution < -0.4 is 10.1 Å². The SMILES string of the molecule is CC(Oc1cncc(CCCCCCO)c1)C1CCCN1. The average Bonchev–Trinajstić information content (AvgIpc) is 3.02. The number of aliphatic hydroxyl groups is 1. The Morgan fingerprint density at radius 1 is 1.33 bits per heavy atom. The van der Waals surface area contributed by atoms with Crippen molar-refractivity contribution in [1.82, 2.24) is 10.3 Å². The standard InChI is InChI=1S/C17H28N2O2/c1-14(17-8-6-9-19-17)21-16-11-15(12-18-13-16)7-4-2-3-5-10-20/h11-14,17,19-20H,2-10H2,1H3. The molecule has 4 heteroatoms. The maximum atomic E-state index is 8.76. The summed E-state index contributed by atoms with van der Waals surface area (Å²) in [7, 11) is 0. The Balaban J connectivity index is 1.77. The predicted octanol–water partition coefficient (Wildman–Crippen LogP) is 2.70. The summed E-state index contributed by atoms with van der Waals surface area (Å²) in [6.07, 6.45) is 11.7. The Bertz CT molecular complexity index is 406. The number of aromatic nitrogens is 1. The normalized spacial score (nSPS) is 19.6. The van der Waals surface area contributed by atoms with Gasteiger partial charge in [0.25, 0.3) is 0 Å². The Morgan fingerprint density at radius 2 is 2.19 bits per heavy atom. The molecule has 21 heavy (non-hydrogen) atoms. The van der Waals surface area contributed by atoms with Gasteiger partial charge in [-0.15, -0.1) is 0 Å². The van der Waals surface area contributed by atoms with Gasteiger partial charge in [0.15, 0.2) is 0 Å². The van der Waals surface area contributed by atoms with Crippen molar-refractivity contribution < 1.29 is 9.84 Å². The van der Waals surface area contributed by atoms with Gasteiger partial charge in [-0.25, -0.2) is 0 Å². The van der Waals surface area contributed by atoms with Crippen LogP contribution in [0.15, 0.2) is 18.5 Å². The summed E-state index contributed by atoms with van der Waals surface area (Å²) >= 11 is 0. The zero-order valence-corrected chi connectivity index (χ0v) is 13.1. The summed E-state index contributed by atoms with van der Waals surface area (Å²) < 4.78 is 6.03. The fourth-order valence-corrected chi connectivity index (χ4v) is 2.87. The second-order valence-corrected chi connectivity index (χ2v) is 5.94. The van der Waals surface area contributed by atoms with E-state index in [1.54, 1.807) is 6.20 Å². The number of rotatable bonds is 9. The zero-order chi connectivity index (χ0) is 14.9. The van der Waals surface area contributed by atoms with E-state index in [0.29, 0.717) is 12.6 Å². The van der Waals surface area contributed by atoms with Gasteiger partial charge in [0.05, 0.1) is 6.20 Å². The largest absolute Gasteiger partial charge is 0.487 e. The van der Waals surface area contributed by atoms with Crippen molar-refractivity contribution in [3.63, 3.8) is 0 Å². The van der Waals surface area contributed by atoms with Crippen LogP contribution in [0.5, 0.6) is 5.75 Å². The molecular weight excluding hydrogens is 264 g/mol. The van der Waals surface area contributed by atoms with E-state index in [1.807, 2.05) is 6.20 Å². The smallest absolute Gasteiger partial charge is 0.138 e. The monoisotopic (exact) mass is 292 g/mol.